The number of nitrogens with zero attached hydrogens (tertiary/aromatic N) is 1. The van der Waals surface area contributed by atoms with Crippen molar-refractivity contribution < 1.29 is 0 Å². The van der Waals surface area contributed by atoms with Gasteiger partial charge in [-0.2, -0.15) is 0 Å². The lowest BCUT2D eigenvalue weighted by molar-refractivity contribution is 0.0689. The third-order valence-electron chi connectivity index (χ3n) is 4.32. The predicted octanol–water partition coefficient (Wildman–Crippen LogP) is 3.13. The van der Waals surface area contributed by atoms with E-state index in [1.807, 2.05) is 0 Å². The Bertz CT molecular complexity index is 201. The molecular formula is C15H32N2. The van der Waals surface area contributed by atoms with Crippen molar-refractivity contribution in [2.24, 2.45) is 11.8 Å². The van der Waals surface area contributed by atoms with Crippen molar-refractivity contribution in [2.45, 2.75) is 66.0 Å². The van der Waals surface area contributed by atoms with E-state index >= 15 is 0 Å². The van der Waals surface area contributed by atoms with Gasteiger partial charge in [-0.3, -0.25) is 4.90 Å². The average molecular weight is 240 g/mol. The topological polar surface area (TPSA) is 15.3 Å². The second-order valence-electron chi connectivity index (χ2n) is 5.83. The van der Waals surface area contributed by atoms with Gasteiger partial charge in [0.1, 0.15) is 0 Å². The molecule has 0 bridgehead atoms. The highest BCUT2D eigenvalue weighted by Crippen LogP contribution is 2.32. The smallest absolute Gasteiger partial charge is 0.0274 e. The molecule has 102 valence electrons. The first-order valence-electron chi connectivity index (χ1n) is 7.61. The first kappa shape index (κ1) is 15.0. The number of likely N-dealkylation sites (N-methyl/N-ethyl adjacent to an activating group) is 1. The third-order valence-corrected chi connectivity index (χ3v) is 4.32. The summed E-state index contributed by atoms with van der Waals surface area (Å²) in [5.41, 5.74) is 0. The van der Waals surface area contributed by atoms with Gasteiger partial charge in [-0.25, -0.2) is 0 Å². The Labute approximate surface area is 108 Å². The minimum absolute atomic E-state index is 0.702. The van der Waals surface area contributed by atoms with E-state index < -0.39 is 0 Å². The van der Waals surface area contributed by atoms with Crippen molar-refractivity contribution in [3.63, 3.8) is 0 Å². The highest BCUT2D eigenvalue weighted by Gasteiger charge is 2.36. The molecule has 0 aromatic heterocycles. The Hall–Kier alpha value is -0.0800. The molecule has 0 heterocycles. The molecule has 0 spiro atoms. The third kappa shape index (κ3) is 3.96. The van der Waals surface area contributed by atoms with Crippen LogP contribution in [-0.4, -0.2) is 36.6 Å². The van der Waals surface area contributed by atoms with Crippen LogP contribution in [0.2, 0.25) is 0 Å². The average Bonchev–Trinajstić information content (AvgIpc) is 2.30. The van der Waals surface area contributed by atoms with Crippen LogP contribution >= 0.6 is 0 Å². The van der Waals surface area contributed by atoms with Gasteiger partial charge in [-0.05, 0) is 50.7 Å². The van der Waals surface area contributed by atoms with Crippen molar-refractivity contribution in [3.05, 3.63) is 0 Å². The molecule has 1 N–H and O–H groups in total. The molecular weight excluding hydrogens is 208 g/mol. The summed E-state index contributed by atoms with van der Waals surface area (Å²) in [4.78, 5) is 2.66. The molecule has 17 heavy (non-hydrogen) atoms. The van der Waals surface area contributed by atoms with E-state index in [-0.39, 0.29) is 0 Å². The zero-order chi connectivity index (χ0) is 12.8. The predicted molar refractivity (Wildman–Crippen MR) is 76.4 cm³/mol. The number of hydrogen-bond donors (Lipinski definition) is 1. The fourth-order valence-electron chi connectivity index (χ4n) is 3.63. The fraction of sp³-hybridized carbons (Fsp3) is 1.00. The van der Waals surface area contributed by atoms with Crippen LogP contribution in [0, 0.1) is 11.8 Å². The molecule has 1 saturated carbocycles. The van der Waals surface area contributed by atoms with E-state index in [4.69, 9.17) is 0 Å². The number of nitrogens with one attached hydrogen (secondary N) is 1. The highest BCUT2D eigenvalue weighted by atomic mass is 15.2. The van der Waals surface area contributed by atoms with Gasteiger partial charge in [0.25, 0.3) is 0 Å². The normalized spacial score (nSPS) is 34.2. The number of hydrogen-bond acceptors (Lipinski definition) is 2. The molecule has 0 saturated heterocycles. The van der Waals surface area contributed by atoms with E-state index in [0.29, 0.717) is 6.04 Å². The second kappa shape index (κ2) is 7.38. The van der Waals surface area contributed by atoms with Crippen LogP contribution in [0.5, 0.6) is 0 Å². The largest absolute Gasteiger partial charge is 0.312 e. The summed E-state index contributed by atoms with van der Waals surface area (Å²) in [6, 6.07) is 1.45. The maximum atomic E-state index is 3.79. The maximum absolute atomic E-state index is 3.79. The molecule has 0 aromatic carbocycles. The molecule has 2 nitrogen and oxygen atoms in total. The van der Waals surface area contributed by atoms with Crippen LogP contribution in [-0.2, 0) is 0 Å². The van der Waals surface area contributed by atoms with Crippen LogP contribution < -0.4 is 5.32 Å². The van der Waals surface area contributed by atoms with Gasteiger partial charge in [0, 0.05) is 12.1 Å². The molecule has 1 aliphatic rings. The van der Waals surface area contributed by atoms with E-state index in [1.165, 1.54) is 38.9 Å². The Morgan fingerprint density at radius 1 is 1.06 bits per heavy atom. The molecule has 1 aliphatic carbocycles. The summed E-state index contributed by atoms with van der Waals surface area (Å²) in [5.74, 6) is 1.71. The maximum Gasteiger partial charge on any atom is 0.0274 e. The lowest BCUT2D eigenvalue weighted by Gasteiger charge is -2.45. The van der Waals surface area contributed by atoms with E-state index in [0.717, 1.165) is 17.9 Å². The summed E-state index contributed by atoms with van der Waals surface area (Å²) in [7, 11) is 0. The monoisotopic (exact) mass is 240 g/mol. The summed E-state index contributed by atoms with van der Waals surface area (Å²) >= 11 is 0. The Kier molecular flexibility index (Phi) is 6.50. The molecule has 0 amide bonds. The lowest BCUT2D eigenvalue weighted by atomic mass is 9.75. The quantitative estimate of drug-likeness (QED) is 0.767. The zero-order valence-corrected chi connectivity index (χ0v) is 12.5. The van der Waals surface area contributed by atoms with Gasteiger partial charge in [0.05, 0.1) is 0 Å². The molecule has 0 radical (unpaired) electrons. The van der Waals surface area contributed by atoms with Gasteiger partial charge in [-0.15, -0.1) is 0 Å². The van der Waals surface area contributed by atoms with Crippen LogP contribution in [0.25, 0.3) is 0 Å². The van der Waals surface area contributed by atoms with E-state index in [1.54, 1.807) is 0 Å². The minimum Gasteiger partial charge on any atom is -0.312 e. The van der Waals surface area contributed by atoms with Crippen molar-refractivity contribution in [2.75, 3.05) is 19.6 Å². The summed E-state index contributed by atoms with van der Waals surface area (Å²) in [6.07, 6.45) is 3.99. The molecule has 4 unspecified atom stereocenters. The molecule has 4 atom stereocenters. The second-order valence-corrected chi connectivity index (χ2v) is 5.83. The molecule has 2 heteroatoms. The number of rotatable bonds is 6. The fourth-order valence-corrected chi connectivity index (χ4v) is 3.63. The molecule has 0 aliphatic heterocycles. The summed E-state index contributed by atoms with van der Waals surface area (Å²) in [5, 5.41) is 3.79. The molecule has 1 rings (SSSR count). The van der Waals surface area contributed by atoms with Crippen LogP contribution in [0.4, 0.5) is 0 Å². The van der Waals surface area contributed by atoms with E-state index in [9.17, 15) is 0 Å². The molecule has 1 fully saturated rings. The highest BCUT2D eigenvalue weighted by molar-refractivity contribution is 4.93. The van der Waals surface area contributed by atoms with Gasteiger partial charge < -0.3 is 5.32 Å². The van der Waals surface area contributed by atoms with Crippen molar-refractivity contribution in [1.29, 1.82) is 0 Å². The van der Waals surface area contributed by atoms with Crippen molar-refractivity contribution in [3.8, 4) is 0 Å². The summed E-state index contributed by atoms with van der Waals surface area (Å²) in [6.45, 7) is 15.2. The van der Waals surface area contributed by atoms with Gasteiger partial charge in [-0.1, -0.05) is 34.6 Å². The van der Waals surface area contributed by atoms with Crippen molar-refractivity contribution >= 4 is 0 Å². The van der Waals surface area contributed by atoms with Gasteiger partial charge >= 0.3 is 0 Å². The SMILES string of the molecule is CCCNC1CC(C)CC(C)C1N(CC)CC. The van der Waals surface area contributed by atoms with E-state index in [2.05, 4.69) is 44.8 Å². The Balaban J connectivity index is 2.70. The Morgan fingerprint density at radius 2 is 1.71 bits per heavy atom. The Morgan fingerprint density at radius 3 is 2.24 bits per heavy atom. The van der Waals surface area contributed by atoms with Crippen LogP contribution in [0.3, 0.4) is 0 Å². The first-order valence-corrected chi connectivity index (χ1v) is 7.61. The zero-order valence-electron chi connectivity index (χ0n) is 12.5. The summed E-state index contributed by atoms with van der Waals surface area (Å²) < 4.78 is 0. The lowest BCUT2D eigenvalue weighted by Crippen LogP contribution is -2.56. The first-order chi connectivity index (χ1) is 8.13. The van der Waals surface area contributed by atoms with Crippen molar-refractivity contribution in [1.82, 2.24) is 10.2 Å². The minimum atomic E-state index is 0.702. The standard InChI is InChI=1S/C15H32N2/c1-6-9-16-14-11-12(4)10-13(5)15(14)17(7-2)8-3/h12-16H,6-11H2,1-5H3. The van der Waals surface area contributed by atoms with Gasteiger partial charge in [0.2, 0.25) is 0 Å². The van der Waals surface area contributed by atoms with Crippen LogP contribution in [0.15, 0.2) is 0 Å². The van der Waals surface area contributed by atoms with Crippen LogP contribution in [0.1, 0.15) is 53.9 Å². The van der Waals surface area contributed by atoms with Gasteiger partial charge in [0.15, 0.2) is 0 Å². The molecule has 0 aromatic rings.